The molecule has 0 bridgehead atoms. The summed E-state index contributed by atoms with van der Waals surface area (Å²) in [5.41, 5.74) is -9.47. The van der Waals surface area contributed by atoms with Gasteiger partial charge in [-0.25, -0.2) is 65.9 Å². The number of halogens is 15. The van der Waals surface area contributed by atoms with Crippen LogP contribution in [-0.4, -0.2) is 21.6 Å². The normalized spacial score (nSPS) is 12.3. The second-order valence-corrected chi connectivity index (χ2v) is 14.2. The Hall–Kier alpha value is -3.93. The van der Waals surface area contributed by atoms with Gasteiger partial charge in [0.05, 0.1) is 0 Å². The zero-order chi connectivity index (χ0) is 34.1. The van der Waals surface area contributed by atoms with Crippen LogP contribution in [0.4, 0.5) is 65.9 Å². The maximum atomic E-state index is 15.6. The highest BCUT2D eigenvalue weighted by molar-refractivity contribution is 7.20. The molecule has 240 valence electrons. The quantitative estimate of drug-likeness (QED) is 0.118. The first-order valence-corrected chi connectivity index (χ1v) is 15.1. The van der Waals surface area contributed by atoms with E-state index in [1.54, 1.807) is 0 Å². The summed E-state index contributed by atoms with van der Waals surface area (Å²) in [6, 6.07) is 2.64. The van der Waals surface area contributed by atoms with Crippen LogP contribution in [0.3, 0.4) is 0 Å². The first-order chi connectivity index (χ1) is 20.8. The van der Waals surface area contributed by atoms with E-state index < -0.39 is 124 Å². The van der Waals surface area contributed by atoms with Gasteiger partial charge in [-0.2, -0.15) is 5.46 Å². The number of hydrogen-bond donors (Lipinski definition) is 0. The highest BCUT2D eigenvalue weighted by atomic mass is 28.4. The zero-order valence-electron chi connectivity index (χ0n) is 22.5. The third-order valence-corrected chi connectivity index (χ3v) is 10.4. The number of rotatable bonds is 6. The van der Waals surface area contributed by atoms with Gasteiger partial charge < -0.3 is 4.43 Å². The van der Waals surface area contributed by atoms with E-state index in [1.165, 1.54) is 20.2 Å². The van der Waals surface area contributed by atoms with E-state index in [1.807, 2.05) is 0 Å². The fraction of sp³-hybridized carbons (Fsp3) is 0.111. The van der Waals surface area contributed by atoms with E-state index in [2.05, 4.69) is 0 Å². The SMILES string of the molecule is CO[Si](C)(C)c1ccc([B-](c2c(F)c(F)c(F)c(F)c2F)(c2c(F)c(F)c(F)c(F)c2F)c2c(F)c(F)c(F)c(F)c2F)cc1. The van der Waals surface area contributed by atoms with Crippen LogP contribution in [0, 0.1) is 87.3 Å². The molecule has 0 radical (unpaired) electrons. The van der Waals surface area contributed by atoms with Crippen LogP contribution >= 0.6 is 0 Å². The smallest absolute Gasteiger partial charge is 0.217 e. The molecule has 0 heterocycles. The summed E-state index contributed by atoms with van der Waals surface area (Å²) in [7, 11) is -1.75. The van der Waals surface area contributed by atoms with Gasteiger partial charge in [-0.05, 0) is 18.3 Å². The lowest BCUT2D eigenvalue weighted by atomic mass is 9.12. The van der Waals surface area contributed by atoms with Crippen molar-refractivity contribution in [2.24, 2.45) is 0 Å². The Balaban J connectivity index is 2.51. The Bertz CT molecular complexity index is 1620. The van der Waals surface area contributed by atoms with Gasteiger partial charge >= 0.3 is 0 Å². The average Bonchev–Trinajstić information content (AvgIpc) is 3.02. The van der Waals surface area contributed by atoms with Crippen LogP contribution in [-0.2, 0) is 4.43 Å². The van der Waals surface area contributed by atoms with Crippen molar-refractivity contribution in [3.05, 3.63) is 112 Å². The summed E-state index contributed by atoms with van der Waals surface area (Å²) in [5.74, 6) is -45.6. The fourth-order valence-corrected chi connectivity index (χ4v) is 6.44. The lowest BCUT2D eigenvalue weighted by Crippen LogP contribution is -2.79. The molecule has 0 aliphatic heterocycles. The van der Waals surface area contributed by atoms with Crippen molar-refractivity contribution in [2.75, 3.05) is 7.11 Å². The molecule has 0 spiro atoms. The van der Waals surface area contributed by atoms with Crippen LogP contribution in [0.25, 0.3) is 0 Å². The monoisotopic (exact) mass is 677 g/mol. The van der Waals surface area contributed by atoms with Gasteiger partial charge in [0.15, 0.2) is 52.4 Å². The molecule has 0 fully saturated rings. The summed E-state index contributed by atoms with van der Waals surface area (Å²) in [5, 5.41) is 0.144. The third-order valence-electron chi connectivity index (χ3n) is 7.65. The summed E-state index contributed by atoms with van der Waals surface area (Å²) >= 11 is 0. The van der Waals surface area contributed by atoms with Crippen LogP contribution < -0.4 is 27.0 Å². The Morgan fingerprint density at radius 3 is 0.844 bits per heavy atom. The molecule has 4 aromatic rings. The summed E-state index contributed by atoms with van der Waals surface area (Å²) in [4.78, 5) is 0. The van der Waals surface area contributed by atoms with Crippen LogP contribution in [0.5, 0.6) is 0 Å². The molecule has 0 aliphatic carbocycles. The molecule has 1 nitrogen and oxygen atoms in total. The molecule has 0 saturated heterocycles. The third kappa shape index (κ3) is 4.71. The molecule has 0 N–H and O–H groups in total. The van der Waals surface area contributed by atoms with Crippen molar-refractivity contribution < 1.29 is 70.3 Å². The first-order valence-electron chi connectivity index (χ1n) is 12.2. The van der Waals surface area contributed by atoms with E-state index in [-0.39, 0.29) is 5.19 Å². The maximum absolute atomic E-state index is 15.6. The van der Waals surface area contributed by atoms with E-state index in [4.69, 9.17) is 4.43 Å². The molecule has 0 saturated carbocycles. The van der Waals surface area contributed by atoms with Crippen LogP contribution in [0.15, 0.2) is 24.3 Å². The van der Waals surface area contributed by atoms with Gasteiger partial charge in [-0.3, -0.25) is 0 Å². The Kier molecular flexibility index (Phi) is 8.64. The van der Waals surface area contributed by atoms with Crippen LogP contribution in [0.2, 0.25) is 13.1 Å². The lowest BCUT2D eigenvalue weighted by molar-refractivity contribution is 0.380. The second-order valence-electron chi connectivity index (χ2n) is 10.2. The molecular formula is C27H13BF15OSi-. The largest absolute Gasteiger partial charge is 0.416 e. The van der Waals surface area contributed by atoms with Gasteiger partial charge in [0.1, 0.15) is 41.0 Å². The van der Waals surface area contributed by atoms with E-state index in [0.29, 0.717) is 12.1 Å². The summed E-state index contributed by atoms with van der Waals surface area (Å²) in [6.07, 6.45) is -5.80. The van der Waals surface area contributed by atoms with Crippen molar-refractivity contribution in [3.63, 3.8) is 0 Å². The van der Waals surface area contributed by atoms with E-state index in [9.17, 15) is 39.5 Å². The summed E-state index contributed by atoms with van der Waals surface area (Å²) < 4.78 is 229. The standard InChI is InChI=1S/C27H13BF15OSi/c1-44-45(2,3)9-6-4-8(5-7-9)28(10-13(29)19(35)25(41)20(36)14(10)30,11-15(31)21(37)26(42)22(38)16(11)32)12-17(33)23(39)27(43)24(40)18(12)34/h4-7H,1-3H3/q-1. The Morgan fingerprint density at radius 1 is 0.400 bits per heavy atom. The van der Waals surface area contributed by atoms with Crippen molar-refractivity contribution in [1.29, 1.82) is 0 Å². The van der Waals surface area contributed by atoms with Crippen molar-refractivity contribution >= 4 is 41.5 Å². The minimum Gasteiger partial charge on any atom is -0.416 e. The van der Waals surface area contributed by atoms with Crippen molar-refractivity contribution in [2.45, 2.75) is 13.1 Å². The summed E-state index contributed by atoms with van der Waals surface area (Å²) in [6.45, 7) is 3.02. The molecule has 0 unspecified atom stereocenters. The predicted molar refractivity (Wildman–Crippen MR) is 134 cm³/mol. The molecule has 4 rings (SSSR count). The first kappa shape index (κ1) is 34.0. The second kappa shape index (κ2) is 11.5. The van der Waals surface area contributed by atoms with Gasteiger partial charge in [0, 0.05) is 7.11 Å². The molecule has 0 atom stereocenters. The minimum absolute atomic E-state index is 0.144. The number of benzene rings is 4. The average molecular weight is 677 g/mol. The molecular weight excluding hydrogens is 664 g/mol. The molecule has 18 heteroatoms. The molecule has 0 amide bonds. The van der Waals surface area contributed by atoms with Crippen molar-refractivity contribution in [1.82, 2.24) is 0 Å². The predicted octanol–water partition coefficient (Wildman–Crippen LogP) is 5.21. The maximum Gasteiger partial charge on any atom is 0.217 e. The zero-order valence-corrected chi connectivity index (χ0v) is 23.5. The van der Waals surface area contributed by atoms with Crippen LogP contribution in [0.1, 0.15) is 0 Å². The molecule has 45 heavy (non-hydrogen) atoms. The van der Waals surface area contributed by atoms with E-state index >= 15 is 26.3 Å². The van der Waals surface area contributed by atoms with Gasteiger partial charge in [0.2, 0.25) is 8.32 Å². The fourth-order valence-electron chi connectivity index (χ4n) is 5.23. The van der Waals surface area contributed by atoms with E-state index in [0.717, 1.165) is 12.1 Å². The molecule has 4 aromatic carbocycles. The van der Waals surface area contributed by atoms with Gasteiger partial charge in [0.25, 0.3) is 0 Å². The Labute approximate surface area is 243 Å². The minimum atomic E-state index is -5.80. The molecule has 0 aliphatic rings. The van der Waals surface area contributed by atoms with Gasteiger partial charge in [-0.15, -0.1) is 16.4 Å². The Morgan fingerprint density at radius 2 is 0.622 bits per heavy atom. The lowest BCUT2D eigenvalue weighted by Gasteiger charge is -2.45. The highest BCUT2D eigenvalue weighted by Gasteiger charge is 2.49. The van der Waals surface area contributed by atoms with Gasteiger partial charge in [-0.1, -0.05) is 24.3 Å². The topological polar surface area (TPSA) is 9.23 Å². The molecule has 0 aromatic heterocycles. The number of hydrogen-bond acceptors (Lipinski definition) is 1. The highest BCUT2D eigenvalue weighted by Crippen LogP contribution is 2.28. The van der Waals surface area contributed by atoms with Crippen molar-refractivity contribution in [3.8, 4) is 0 Å².